The Hall–Kier alpha value is -1.29. The molecule has 1 N–H and O–H groups in total. The number of esters is 1. The third kappa shape index (κ3) is 3.40. The maximum atomic E-state index is 11.1. The van der Waals surface area contributed by atoms with E-state index in [2.05, 4.69) is 14.6 Å². The number of aromatic nitrogens is 1. The van der Waals surface area contributed by atoms with E-state index in [0.29, 0.717) is 6.42 Å². The van der Waals surface area contributed by atoms with Crippen LogP contribution in [0.2, 0.25) is 0 Å². The summed E-state index contributed by atoms with van der Waals surface area (Å²) in [7, 11) is 5.44. The van der Waals surface area contributed by atoms with Gasteiger partial charge in [0.2, 0.25) is 0 Å². The maximum Gasteiger partial charge on any atom is 0.305 e. The van der Waals surface area contributed by atoms with E-state index in [9.17, 15) is 4.79 Å². The number of ether oxygens (including phenoxy) is 1. The van der Waals surface area contributed by atoms with Crippen molar-refractivity contribution in [1.82, 2.24) is 9.88 Å². The first-order chi connectivity index (χ1) is 7.15. The van der Waals surface area contributed by atoms with Crippen LogP contribution in [0.25, 0.3) is 0 Å². The van der Waals surface area contributed by atoms with Crippen LogP contribution in [-0.2, 0) is 9.53 Å². The fraction of sp³-hybridized carbons (Fsp3) is 0.545. The van der Waals surface area contributed by atoms with Crippen molar-refractivity contribution in [1.29, 1.82) is 0 Å². The van der Waals surface area contributed by atoms with Crippen LogP contribution >= 0.6 is 0 Å². The summed E-state index contributed by atoms with van der Waals surface area (Å²) in [5, 5.41) is 0. The molecule has 0 saturated carbocycles. The Balaban J connectivity index is 2.56. The predicted molar refractivity (Wildman–Crippen MR) is 58.5 cm³/mol. The molecule has 0 bridgehead atoms. The molecule has 1 heterocycles. The summed E-state index contributed by atoms with van der Waals surface area (Å²) in [4.78, 5) is 16.2. The fourth-order valence-electron chi connectivity index (χ4n) is 1.62. The number of hydrogen-bond acceptors (Lipinski definition) is 3. The van der Waals surface area contributed by atoms with Gasteiger partial charge in [0.25, 0.3) is 0 Å². The number of carbonyl (C=O) groups is 1. The molecule has 0 radical (unpaired) electrons. The molecule has 4 heteroatoms. The molecule has 15 heavy (non-hydrogen) atoms. The fourth-order valence-corrected chi connectivity index (χ4v) is 1.62. The lowest BCUT2D eigenvalue weighted by atomic mass is 10.0. The van der Waals surface area contributed by atoms with Crippen LogP contribution < -0.4 is 0 Å². The van der Waals surface area contributed by atoms with E-state index in [1.807, 2.05) is 32.6 Å². The average molecular weight is 210 g/mol. The van der Waals surface area contributed by atoms with Crippen molar-refractivity contribution in [2.45, 2.75) is 18.9 Å². The first kappa shape index (κ1) is 11.8. The maximum absolute atomic E-state index is 11.1. The van der Waals surface area contributed by atoms with Crippen LogP contribution in [0.5, 0.6) is 0 Å². The Morgan fingerprint density at radius 2 is 2.33 bits per heavy atom. The summed E-state index contributed by atoms with van der Waals surface area (Å²) in [6.45, 7) is 0. The highest BCUT2D eigenvalue weighted by Gasteiger charge is 2.15. The molecule has 0 aromatic carbocycles. The standard InChI is InChI=1S/C11H18N2O2/c1-13(2)10(4-5-11(14)15-3)9-6-7-12-8-9/h6-8,10,12H,4-5H2,1-3H3. The molecule has 0 saturated heterocycles. The minimum absolute atomic E-state index is 0.155. The number of methoxy groups -OCH3 is 1. The zero-order valence-electron chi connectivity index (χ0n) is 9.49. The molecule has 0 aliphatic heterocycles. The number of H-pyrrole nitrogens is 1. The van der Waals surface area contributed by atoms with Gasteiger partial charge in [0.15, 0.2) is 0 Å². The van der Waals surface area contributed by atoms with Gasteiger partial charge < -0.3 is 14.6 Å². The van der Waals surface area contributed by atoms with Gasteiger partial charge in [-0.1, -0.05) is 0 Å². The summed E-state index contributed by atoms with van der Waals surface area (Å²) in [6, 6.07) is 2.29. The summed E-state index contributed by atoms with van der Waals surface area (Å²) in [5.74, 6) is -0.155. The normalized spacial score (nSPS) is 12.8. The van der Waals surface area contributed by atoms with Gasteiger partial charge in [0.05, 0.1) is 7.11 Å². The Kier molecular flexibility index (Phi) is 4.37. The van der Waals surface area contributed by atoms with Gasteiger partial charge in [-0.3, -0.25) is 4.79 Å². The minimum atomic E-state index is -0.155. The monoisotopic (exact) mass is 210 g/mol. The number of aromatic amines is 1. The van der Waals surface area contributed by atoms with E-state index >= 15 is 0 Å². The third-order valence-electron chi connectivity index (χ3n) is 2.48. The summed E-state index contributed by atoms with van der Waals surface area (Å²) in [5.41, 5.74) is 1.20. The van der Waals surface area contributed by atoms with Crippen LogP contribution in [0.15, 0.2) is 18.5 Å². The lowest BCUT2D eigenvalue weighted by molar-refractivity contribution is -0.141. The second-order valence-electron chi connectivity index (χ2n) is 3.74. The first-order valence-electron chi connectivity index (χ1n) is 5.01. The molecule has 0 amide bonds. The van der Waals surface area contributed by atoms with Crippen molar-refractivity contribution in [3.63, 3.8) is 0 Å². The highest BCUT2D eigenvalue weighted by Crippen LogP contribution is 2.22. The molecule has 4 nitrogen and oxygen atoms in total. The second-order valence-corrected chi connectivity index (χ2v) is 3.74. The molecule has 0 aliphatic rings. The summed E-state index contributed by atoms with van der Waals surface area (Å²) >= 11 is 0. The topological polar surface area (TPSA) is 45.3 Å². The van der Waals surface area contributed by atoms with Gasteiger partial charge in [-0.25, -0.2) is 0 Å². The molecule has 1 rings (SSSR count). The van der Waals surface area contributed by atoms with E-state index in [4.69, 9.17) is 0 Å². The summed E-state index contributed by atoms with van der Waals surface area (Å²) < 4.78 is 4.63. The number of carbonyl (C=O) groups excluding carboxylic acids is 1. The Morgan fingerprint density at radius 1 is 1.60 bits per heavy atom. The zero-order valence-corrected chi connectivity index (χ0v) is 9.49. The van der Waals surface area contributed by atoms with Crippen LogP contribution in [-0.4, -0.2) is 37.1 Å². The highest BCUT2D eigenvalue weighted by molar-refractivity contribution is 5.69. The highest BCUT2D eigenvalue weighted by atomic mass is 16.5. The van der Waals surface area contributed by atoms with Crippen molar-refractivity contribution < 1.29 is 9.53 Å². The van der Waals surface area contributed by atoms with Crippen LogP contribution in [0.3, 0.4) is 0 Å². The van der Waals surface area contributed by atoms with Gasteiger partial charge in [-0.15, -0.1) is 0 Å². The smallest absolute Gasteiger partial charge is 0.305 e. The van der Waals surface area contributed by atoms with E-state index in [1.165, 1.54) is 12.7 Å². The first-order valence-corrected chi connectivity index (χ1v) is 5.01. The van der Waals surface area contributed by atoms with Gasteiger partial charge in [-0.2, -0.15) is 0 Å². The third-order valence-corrected chi connectivity index (χ3v) is 2.48. The Labute approximate surface area is 90.2 Å². The molecule has 1 aromatic rings. The molecule has 1 unspecified atom stereocenters. The molecule has 0 spiro atoms. The van der Waals surface area contributed by atoms with Crippen LogP contribution in [0, 0.1) is 0 Å². The molecule has 0 fully saturated rings. The van der Waals surface area contributed by atoms with Gasteiger partial charge in [0.1, 0.15) is 0 Å². The molecule has 84 valence electrons. The van der Waals surface area contributed by atoms with Crippen molar-refractivity contribution in [3.8, 4) is 0 Å². The summed E-state index contributed by atoms with van der Waals surface area (Å²) in [6.07, 6.45) is 5.08. The molecule has 0 aliphatic carbocycles. The van der Waals surface area contributed by atoms with Crippen molar-refractivity contribution in [3.05, 3.63) is 24.0 Å². The van der Waals surface area contributed by atoms with Crippen molar-refractivity contribution >= 4 is 5.97 Å². The van der Waals surface area contributed by atoms with Crippen molar-refractivity contribution in [2.24, 2.45) is 0 Å². The van der Waals surface area contributed by atoms with Crippen LogP contribution in [0.1, 0.15) is 24.4 Å². The quantitative estimate of drug-likeness (QED) is 0.750. The van der Waals surface area contributed by atoms with Gasteiger partial charge in [0, 0.05) is 24.9 Å². The van der Waals surface area contributed by atoms with Crippen LogP contribution in [0.4, 0.5) is 0 Å². The Bertz CT molecular complexity index is 294. The molecular weight excluding hydrogens is 192 g/mol. The second kappa shape index (κ2) is 5.56. The van der Waals surface area contributed by atoms with Crippen molar-refractivity contribution in [2.75, 3.05) is 21.2 Å². The average Bonchev–Trinajstić information content (AvgIpc) is 2.70. The molecule has 1 atom stereocenters. The van der Waals surface area contributed by atoms with E-state index in [-0.39, 0.29) is 12.0 Å². The zero-order chi connectivity index (χ0) is 11.3. The molecular formula is C11H18N2O2. The SMILES string of the molecule is COC(=O)CCC(c1cc[nH]c1)N(C)C. The largest absolute Gasteiger partial charge is 0.469 e. The molecule has 1 aromatic heterocycles. The van der Waals surface area contributed by atoms with E-state index < -0.39 is 0 Å². The number of nitrogens with zero attached hydrogens (tertiary/aromatic N) is 1. The number of hydrogen-bond donors (Lipinski definition) is 1. The minimum Gasteiger partial charge on any atom is -0.469 e. The number of nitrogens with one attached hydrogen (secondary N) is 1. The Morgan fingerprint density at radius 3 is 2.80 bits per heavy atom. The lowest BCUT2D eigenvalue weighted by Gasteiger charge is -2.22. The number of rotatable bonds is 5. The van der Waals surface area contributed by atoms with E-state index in [0.717, 1.165) is 6.42 Å². The lowest BCUT2D eigenvalue weighted by Crippen LogP contribution is -2.20. The van der Waals surface area contributed by atoms with E-state index in [1.54, 1.807) is 0 Å². The van der Waals surface area contributed by atoms with Gasteiger partial charge >= 0.3 is 5.97 Å². The van der Waals surface area contributed by atoms with Gasteiger partial charge in [-0.05, 0) is 32.1 Å². The predicted octanol–water partition coefficient (Wildman–Crippen LogP) is 1.57.